The Hall–Kier alpha value is -3.67. The average Bonchev–Trinajstić information content (AvgIpc) is 3.44. The van der Waals surface area contributed by atoms with Gasteiger partial charge in [-0.15, -0.1) is 0 Å². The molecule has 0 saturated heterocycles. The van der Waals surface area contributed by atoms with E-state index >= 15 is 0 Å². The summed E-state index contributed by atoms with van der Waals surface area (Å²) in [5, 5.41) is 0.711. The fourth-order valence-corrected chi connectivity index (χ4v) is 8.46. The molecular weight excluding hydrogens is 680 g/mol. The van der Waals surface area contributed by atoms with E-state index in [4.69, 9.17) is 16.3 Å². The third kappa shape index (κ3) is 10.2. The predicted octanol–water partition coefficient (Wildman–Crippen LogP) is 7.82. The lowest BCUT2D eigenvalue weighted by Crippen LogP contribution is -2.45. The standard InChI is InChI=1S/C40H51ClN6O3S/c1-6-50-29-35(26-30(2)3)47(24-9-23-45(5)25-20-37(38-10-7-8-21-43-38)33-13-15-34(41)16-14-33)51(48,49)36-17-11-32(12-18-36)28-46-31(4)44-39-27-42-22-19-40(39)46/h7-8,10-19,21-22,27,30,35,37H,6,9,20,23-26,28-29H2,1-5H3/t35-,37+/m0/s1. The van der Waals surface area contributed by atoms with Gasteiger partial charge in [-0.1, -0.05) is 55.8 Å². The van der Waals surface area contributed by atoms with E-state index in [1.54, 1.807) is 28.8 Å². The fourth-order valence-electron chi connectivity index (χ4n) is 6.67. The second kappa shape index (κ2) is 18.2. The average molecular weight is 731 g/mol. The molecule has 0 amide bonds. The van der Waals surface area contributed by atoms with Crippen molar-refractivity contribution in [1.82, 2.24) is 28.7 Å². The van der Waals surface area contributed by atoms with Crippen LogP contribution in [0.1, 0.15) is 68.6 Å². The molecule has 0 spiro atoms. The Bertz CT molecular complexity index is 1920. The van der Waals surface area contributed by atoms with Crippen LogP contribution >= 0.6 is 11.6 Å². The van der Waals surface area contributed by atoms with E-state index in [0.717, 1.165) is 47.6 Å². The second-order valence-corrected chi connectivity index (χ2v) is 15.9. The van der Waals surface area contributed by atoms with E-state index in [2.05, 4.69) is 63.5 Å². The number of hydrogen-bond donors (Lipinski definition) is 0. The maximum Gasteiger partial charge on any atom is 0.243 e. The number of aryl methyl sites for hydroxylation is 1. The van der Waals surface area contributed by atoms with Crippen molar-refractivity contribution in [2.75, 3.05) is 39.9 Å². The summed E-state index contributed by atoms with van der Waals surface area (Å²) < 4.78 is 38.5. The normalized spacial score (nSPS) is 13.4. The Kier molecular flexibility index (Phi) is 13.8. The van der Waals surface area contributed by atoms with E-state index in [-0.39, 0.29) is 12.0 Å². The Balaban J connectivity index is 1.29. The number of halogens is 1. The number of hydrogen-bond acceptors (Lipinski definition) is 7. The molecule has 51 heavy (non-hydrogen) atoms. The van der Waals surface area contributed by atoms with Crippen LogP contribution in [0.5, 0.6) is 0 Å². The first-order valence-corrected chi connectivity index (χ1v) is 19.7. The van der Waals surface area contributed by atoms with Gasteiger partial charge in [0, 0.05) is 54.8 Å². The van der Waals surface area contributed by atoms with Gasteiger partial charge in [-0.05, 0) is 113 Å². The Morgan fingerprint density at radius 1 is 0.941 bits per heavy atom. The molecule has 2 atom stereocenters. The van der Waals surface area contributed by atoms with Crippen molar-refractivity contribution in [3.05, 3.63) is 119 Å². The zero-order valence-corrected chi connectivity index (χ0v) is 32.0. The molecule has 0 N–H and O–H groups in total. The number of sulfonamides is 1. The van der Waals surface area contributed by atoms with Crippen molar-refractivity contribution in [1.29, 1.82) is 0 Å². The summed E-state index contributed by atoms with van der Waals surface area (Å²) in [7, 11) is -1.71. The molecule has 0 aliphatic carbocycles. The van der Waals surface area contributed by atoms with Gasteiger partial charge in [0.15, 0.2) is 0 Å². The van der Waals surface area contributed by atoms with E-state index in [1.165, 1.54) is 5.56 Å². The number of aromatic nitrogens is 4. The van der Waals surface area contributed by atoms with Crippen molar-refractivity contribution >= 4 is 32.7 Å². The third-order valence-electron chi connectivity index (χ3n) is 9.31. The number of fused-ring (bicyclic) bond motifs is 1. The first kappa shape index (κ1) is 38.6. The molecule has 3 aromatic heterocycles. The number of benzene rings is 2. The Labute approximate surface area is 308 Å². The Morgan fingerprint density at radius 2 is 1.71 bits per heavy atom. The largest absolute Gasteiger partial charge is 0.380 e. The molecule has 5 aromatic rings. The highest BCUT2D eigenvalue weighted by molar-refractivity contribution is 7.89. The molecule has 0 saturated carbocycles. The molecule has 0 unspecified atom stereocenters. The van der Waals surface area contributed by atoms with Gasteiger partial charge in [0.25, 0.3) is 0 Å². The highest BCUT2D eigenvalue weighted by atomic mass is 35.5. The molecule has 3 heterocycles. The molecule has 0 fully saturated rings. The lowest BCUT2D eigenvalue weighted by Gasteiger charge is -2.32. The van der Waals surface area contributed by atoms with Crippen LogP contribution in [0.25, 0.3) is 11.0 Å². The van der Waals surface area contributed by atoms with Gasteiger partial charge in [-0.25, -0.2) is 13.4 Å². The van der Waals surface area contributed by atoms with Gasteiger partial charge in [-0.2, -0.15) is 4.31 Å². The number of ether oxygens (including phenoxy) is 1. The zero-order valence-electron chi connectivity index (χ0n) is 30.5. The molecule has 0 aliphatic rings. The highest BCUT2D eigenvalue weighted by Gasteiger charge is 2.32. The maximum absolute atomic E-state index is 14.4. The van der Waals surface area contributed by atoms with E-state index in [0.29, 0.717) is 55.0 Å². The van der Waals surface area contributed by atoms with Crippen LogP contribution in [0.2, 0.25) is 5.02 Å². The van der Waals surface area contributed by atoms with Crippen LogP contribution in [0.15, 0.2) is 96.3 Å². The summed E-state index contributed by atoms with van der Waals surface area (Å²) in [5.41, 5.74) is 5.04. The minimum Gasteiger partial charge on any atom is -0.380 e. The van der Waals surface area contributed by atoms with Gasteiger partial charge in [-0.3, -0.25) is 9.97 Å². The maximum atomic E-state index is 14.4. The zero-order chi connectivity index (χ0) is 36.4. The van der Waals surface area contributed by atoms with Crippen molar-refractivity contribution < 1.29 is 13.2 Å². The topological polar surface area (TPSA) is 93.5 Å². The van der Waals surface area contributed by atoms with Crippen LogP contribution in [-0.4, -0.2) is 83.1 Å². The lowest BCUT2D eigenvalue weighted by atomic mass is 9.92. The van der Waals surface area contributed by atoms with Gasteiger partial charge < -0.3 is 14.2 Å². The molecule has 0 bridgehead atoms. The van der Waals surface area contributed by atoms with Crippen molar-refractivity contribution in [2.45, 2.75) is 70.4 Å². The lowest BCUT2D eigenvalue weighted by molar-refractivity contribution is 0.0874. The van der Waals surface area contributed by atoms with Crippen molar-refractivity contribution in [2.24, 2.45) is 5.92 Å². The van der Waals surface area contributed by atoms with Gasteiger partial charge in [0.2, 0.25) is 10.0 Å². The van der Waals surface area contributed by atoms with Gasteiger partial charge in [0.05, 0.1) is 23.2 Å². The SMILES string of the molecule is CCOC[C@H](CC(C)C)N(CCCN(C)CC[C@H](c1ccc(Cl)cc1)c1ccccn1)S(=O)(=O)c1ccc(Cn2c(C)nc3cnccc32)cc1. The van der Waals surface area contributed by atoms with E-state index < -0.39 is 10.0 Å². The predicted molar refractivity (Wildman–Crippen MR) is 206 cm³/mol. The molecule has 9 nitrogen and oxygen atoms in total. The monoisotopic (exact) mass is 730 g/mol. The second-order valence-electron chi connectivity index (χ2n) is 13.6. The Morgan fingerprint density at radius 3 is 2.39 bits per heavy atom. The first-order valence-electron chi connectivity index (χ1n) is 17.9. The summed E-state index contributed by atoms with van der Waals surface area (Å²) in [6.07, 6.45) is 7.62. The quantitative estimate of drug-likeness (QED) is 0.0856. The first-order chi connectivity index (χ1) is 24.6. The van der Waals surface area contributed by atoms with Crippen LogP contribution in [0, 0.1) is 12.8 Å². The van der Waals surface area contributed by atoms with Crippen LogP contribution in [0.4, 0.5) is 0 Å². The van der Waals surface area contributed by atoms with Gasteiger partial charge >= 0.3 is 0 Å². The highest BCUT2D eigenvalue weighted by Crippen LogP contribution is 2.28. The molecule has 2 aromatic carbocycles. The summed E-state index contributed by atoms with van der Waals surface area (Å²) >= 11 is 6.19. The summed E-state index contributed by atoms with van der Waals surface area (Å²) in [6, 6.07) is 23.0. The van der Waals surface area contributed by atoms with Crippen LogP contribution < -0.4 is 0 Å². The molecule has 272 valence electrons. The van der Waals surface area contributed by atoms with Crippen molar-refractivity contribution in [3.8, 4) is 0 Å². The summed E-state index contributed by atoms with van der Waals surface area (Å²) in [4.78, 5) is 16.0. The van der Waals surface area contributed by atoms with Crippen LogP contribution in [0.3, 0.4) is 0 Å². The number of pyridine rings is 2. The molecule has 5 rings (SSSR count). The molecule has 0 radical (unpaired) electrons. The van der Waals surface area contributed by atoms with Crippen LogP contribution in [-0.2, 0) is 21.3 Å². The molecule has 11 heteroatoms. The molecule has 0 aliphatic heterocycles. The van der Waals surface area contributed by atoms with Gasteiger partial charge in [0.1, 0.15) is 11.3 Å². The number of imidazole rings is 1. The number of nitrogens with zero attached hydrogens (tertiary/aromatic N) is 6. The van der Waals surface area contributed by atoms with E-state index in [1.807, 2.05) is 62.5 Å². The van der Waals surface area contributed by atoms with E-state index in [9.17, 15) is 8.42 Å². The minimum absolute atomic E-state index is 0.126. The fraction of sp³-hybridized carbons (Fsp3) is 0.425. The third-order valence-corrected chi connectivity index (χ3v) is 11.5. The number of rotatable bonds is 19. The minimum atomic E-state index is -3.81. The smallest absolute Gasteiger partial charge is 0.243 e. The van der Waals surface area contributed by atoms with Crippen molar-refractivity contribution in [3.63, 3.8) is 0 Å². The summed E-state index contributed by atoms with van der Waals surface area (Å²) in [5.74, 6) is 1.31. The molecular formula is C40H51ClN6O3S. The summed E-state index contributed by atoms with van der Waals surface area (Å²) in [6.45, 7) is 11.6.